The lowest BCUT2D eigenvalue weighted by Crippen LogP contribution is -2.21. The molecule has 0 atom stereocenters. The van der Waals surface area contributed by atoms with Crippen LogP contribution >= 0.6 is 12.2 Å². The molecule has 1 fully saturated rings. The average molecular weight is 257 g/mol. The molecule has 0 spiro atoms. The molecule has 0 saturated carbocycles. The Morgan fingerprint density at radius 2 is 2.11 bits per heavy atom. The van der Waals surface area contributed by atoms with Crippen molar-refractivity contribution in [2.24, 2.45) is 7.05 Å². The first-order valence-corrected chi connectivity index (χ1v) is 5.93. The summed E-state index contributed by atoms with van der Waals surface area (Å²) in [5, 5.41) is 6.87. The van der Waals surface area contributed by atoms with Crippen LogP contribution in [0.15, 0.2) is 36.2 Å². The van der Waals surface area contributed by atoms with Crippen molar-refractivity contribution in [3.05, 3.63) is 41.7 Å². The Kier molecular flexibility index (Phi) is 2.41. The number of fused-ring (bicyclic) bond motifs is 1. The molecule has 1 saturated heterocycles. The maximum Gasteiger partial charge on any atom is 0.273 e. The van der Waals surface area contributed by atoms with Crippen molar-refractivity contribution in [2.45, 2.75) is 0 Å². The number of nitrogens with one attached hydrogen (secondary N) is 2. The molecule has 1 amide bonds. The fourth-order valence-corrected chi connectivity index (χ4v) is 2.24. The Labute approximate surface area is 109 Å². The standard InChI is InChI=1S/C13H11N3OS/c1-16-5-4-9-6-8(2-3-11(9)16)7-10-12(17)15-13(18)14-10/h2-7H,1H3,(H2,14,15,17,18)/b10-7-. The molecule has 0 bridgehead atoms. The van der Waals surface area contributed by atoms with Gasteiger partial charge in [-0.15, -0.1) is 0 Å². The van der Waals surface area contributed by atoms with Gasteiger partial charge < -0.3 is 9.88 Å². The van der Waals surface area contributed by atoms with E-state index in [-0.39, 0.29) is 5.91 Å². The van der Waals surface area contributed by atoms with Crippen LogP contribution in [-0.2, 0) is 11.8 Å². The molecule has 5 heteroatoms. The third kappa shape index (κ3) is 1.78. The smallest absolute Gasteiger partial charge is 0.273 e. The molecule has 0 radical (unpaired) electrons. The minimum atomic E-state index is -0.187. The van der Waals surface area contributed by atoms with Gasteiger partial charge in [0.25, 0.3) is 5.91 Å². The van der Waals surface area contributed by atoms with Crippen molar-refractivity contribution in [1.82, 2.24) is 15.2 Å². The van der Waals surface area contributed by atoms with E-state index in [0.717, 1.165) is 16.5 Å². The lowest BCUT2D eigenvalue weighted by molar-refractivity contribution is -0.115. The number of aromatic nitrogens is 1. The van der Waals surface area contributed by atoms with Crippen LogP contribution in [0.4, 0.5) is 0 Å². The van der Waals surface area contributed by atoms with Gasteiger partial charge >= 0.3 is 0 Å². The van der Waals surface area contributed by atoms with E-state index in [1.165, 1.54) is 0 Å². The van der Waals surface area contributed by atoms with Gasteiger partial charge in [0, 0.05) is 24.1 Å². The predicted octanol–water partition coefficient (Wildman–Crippen LogP) is 1.52. The highest BCUT2D eigenvalue weighted by Gasteiger charge is 2.19. The minimum absolute atomic E-state index is 0.187. The molecule has 2 heterocycles. The van der Waals surface area contributed by atoms with Crippen LogP contribution in [0.5, 0.6) is 0 Å². The van der Waals surface area contributed by atoms with Crippen molar-refractivity contribution in [3.63, 3.8) is 0 Å². The highest BCUT2D eigenvalue weighted by atomic mass is 32.1. The van der Waals surface area contributed by atoms with Crippen LogP contribution in [0.2, 0.25) is 0 Å². The summed E-state index contributed by atoms with van der Waals surface area (Å²) in [6.45, 7) is 0. The zero-order valence-electron chi connectivity index (χ0n) is 9.73. The van der Waals surface area contributed by atoms with Gasteiger partial charge in [-0.25, -0.2) is 0 Å². The molecule has 0 unspecified atom stereocenters. The van der Waals surface area contributed by atoms with E-state index in [0.29, 0.717) is 10.8 Å². The average Bonchev–Trinajstić information content (AvgIpc) is 2.84. The van der Waals surface area contributed by atoms with Crippen molar-refractivity contribution >= 4 is 40.2 Å². The van der Waals surface area contributed by atoms with Crippen LogP contribution in [0.3, 0.4) is 0 Å². The molecule has 1 aliphatic heterocycles. The highest BCUT2D eigenvalue weighted by molar-refractivity contribution is 7.80. The van der Waals surface area contributed by atoms with Crippen molar-refractivity contribution in [1.29, 1.82) is 0 Å². The molecule has 2 aromatic rings. The third-order valence-electron chi connectivity index (χ3n) is 2.94. The fraction of sp³-hybridized carbons (Fsp3) is 0.0769. The zero-order valence-corrected chi connectivity index (χ0v) is 10.5. The molecular weight excluding hydrogens is 246 g/mol. The number of thiocarbonyl (C=S) groups is 1. The van der Waals surface area contributed by atoms with E-state index in [4.69, 9.17) is 12.2 Å². The van der Waals surface area contributed by atoms with Crippen LogP contribution in [-0.4, -0.2) is 15.6 Å². The Balaban J connectivity index is 2.02. The number of carbonyl (C=O) groups is 1. The van der Waals surface area contributed by atoms with E-state index in [9.17, 15) is 4.79 Å². The summed E-state index contributed by atoms with van der Waals surface area (Å²) in [6.07, 6.45) is 3.80. The van der Waals surface area contributed by atoms with E-state index < -0.39 is 0 Å². The number of hydrogen-bond acceptors (Lipinski definition) is 2. The van der Waals surface area contributed by atoms with Crippen LogP contribution in [0, 0.1) is 0 Å². The minimum Gasteiger partial charge on any atom is -0.351 e. The van der Waals surface area contributed by atoms with Crippen molar-refractivity contribution in [2.75, 3.05) is 0 Å². The summed E-state index contributed by atoms with van der Waals surface area (Å²) in [5.41, 5.74) is 2.61. The van der Waals surface area contributed by atoms with Gasteiger partial charge in [-0.2, -0.15) is 0 Å². The normalized spacial score (nSPS) is 17.3. The summed E-state index contributed by atoms with van der Waals surface area (Å²) >= 11 is 4.88. The quantitative estimate of drug-likeness (QED) is 0.601. The molecule has 3 rings (SSSR count). The Hall–Kier alpha value is -2.14. The topological polar surface area (TPSA) is 46.1 Å². The molecule has 1 aromatic heterocycles. The van der Waals surface area contributed by atoms with E-state index in [1.807, 2.05) is 37.5 Å². The van der Waals surface area contributed by atoms with Crippen molar-refractivity contribution in [3.8, 4) is 0 Å². The first-order chi connectivity index (χ1) is 8.63. The lowest BCUT2D eigenvalue weighted by atomic mass is 10.1. The summed E-state index contributed by atoms with van der Waals surface area (Å²) in [5.74, 6) is -0.187. The van der Waals surface area contributed by atoms with Gasteiger partial charge in [0.05, 0.1) is 0 Å². The molecule has 90 valence electrons. The van der Waals surface area contributed by atoms with Crippen LogP contribution in [0.25, 0.3) is 17.0 Å². The summed E-state index contributed by atoms with van der Waals surface area (Å²) in [7, 11) is 2.00. The summed E-state index contributed by atoms with van der Waals surface area (Å²) < 4.78 is 2.06. The summed E-state index contributed by atoms with van der Waals surface area (Å²) in [6, 6.07) is 8.10. The second-order valence-electron chi connectivity index (χ2n) is 4.21. The second kappa shape index (κ2) is 3.96. The molecule has 18 heavy (non-hydrogen) atoms. The van der Waals surface area contributed by atoms with E-state index in [1.54, 1.807) is 6.08 Å². The molecule has 1 aromatic carbocycles. The van der Waals surface area contributed by atoms with Gasteiger partial charge in [-0.3, -0.25) is 10.1 Å². The number of carbonyl (C=O) groups excluding carboxylic acids is 1. The maximum absolute atomic E-state index is 11.5. The molecule has 0 aliphatic carbocycles. The lowest BCUT2D eigenvalue weighted by Gasteiger charge is -1.99. The highest BCUT2D eigenvalue weighted by Crippen LogP contribution is 2.18. The number of aryl methyl sites for hydroxylation is 1. The molecule has 1 aliphatic rings. The number of amides is 1. The van der Waals surface area contributed by atoms with Gasteiger partial charge in [-0.05, 0) is 42.1 Å². The van der Waals surface area contributed by atoms with E-state index in [2.05, 4.69) is 15.2 Å². The summed E-state index contributed by atoms with van der Waals surface area (Å²) in [4.78, 5) is 11.5. The Bertz CT molecular complexity index is 699. The maximum atomic E-state index is 11.5. The van der Waals surface area contributed by atoms with Gasteiger partial charge in [0.2, 0.25) is 0 Å². The first kappa shape index (κ1) is 11.0. The Morgan fingerprint density at radius 3 is 2.83 bits per heavy atom. The Morgan fingerprint density at radius 1 is 1.28 bits per heavy atom. The SMILES string of the molecule is Cn1ccc2cc(/C=C3\NC(=S)NC3=O)ccc21. The number of nitrogens with zero attached hydrogens (tertiary/aromatic N) is 1. The molecule has 2 N–H and O–H groups in total. The fourth-order valence-electron chi connectivity index (χ4n) is 2.04. The molecule has 4 nitrogen and oxygen atoms in total. The third-order valence-corrected chi connectivity index (χ3v) is 3.14. The number of rotatable bonds is 1. The van der Waals surface area contributed by atoms with Crippen LogP contribution in [0.1, 0.15) is 5.56 Å². The molecular formula is C13H11N3OS. The number of hydrogen-bond donors (Lipinski definition) is 2. The number of benzene rings is 1. The predicted molar refractivity (Wildman–Crippen MR) is 74.8 cm³/mol. The zero-order chi connectivity index (χ0) is 12.7. The van der Waals surface area contributed by atoms with Gasteiger partial charge in [-0.1, -0.05) is 6.07 Å². The monoisotopic (exact) mass is 257 g/mol. The van der Waals surface area contributed by atoms with E-state index >= 15 is 0 Å². The van der Waals surface area contributed by atoms with Gasteiger partial charge in [0.1, 0.15) is 5.70 Å². The van der Waals surface area contributed by atoms with Crippen LogP contribution < -0.4 is 10.6 Å². The van der Waals surface area contributed by atoms with Gasteiger partial charge in [0.15, 0.2) is 5.11 Å². The van der Waals surface area contributed by atoms with Crippen molar-refractivity contribution < 1.29 is 4.79 Å². The first-order valence-electron chi connectivity index (χ1n) is 5.52. The largest absolute Gasteiger partial charge is 0.351 e. The second-order valence-corrected chi connectivity index (χ2v) is 4.62.